The van der Waals surface area contributed by atoms with E-state index in [4.69, 9.17) is 9.73 Å². The number of nitrogens with one attached hydrogen (secondary N) is 1. The molecule has 0 aliphatic carbocycles. The second-order valence-electron chi connectivity index (χ2n) is 7.25. The van der Waals surface area contributed by atoms with E-state index < -0.39 is 0 Å². The van der Waals surface area contributed by atoms with E-state index in [2.05, 4.69) is 66.5 Å². The van der Waals surface area contributed by atoms with Crippen LogP contribution >= 0.6 is 24.0 Å². The van der Waals surface area contributed by atoms with Gasteiger partial charge >= 0.3 is 0 Å². The molecule has 0 spiro atoms. The molecule has 2 heterocycles. The number of aromatic nitrogens is 2. The number of halogens is 1. The van der Waals surface area contributed by atoms with E-state index in [1.807, 2.05) is 11.6 Å². The number of rotatable bonds is 6. The Kier molecular flexibility index (Phi) is 8.75. The summed E-state index contributed by atoms with van der Waals surface area (Å²) in [6, 6.07) is 10.4. The standard InChI is InChI=1S/C21H31N5O.HI/c1-5-22-21(25(4)14-18-10-11-27-15-18)23-13-19-8-6-7-9-20(19)26-17(3)12-16(2)24-26;/h6-9,12,18H,5,10-11,13-15H2,1-4H3,(H,22,23);1H. The van der Waals surface area contributed by atoms with E-state index in [0.29, 0.717) is 12.5 Å². The lowest BCUT2D eigenvalue weighted by Crippen LogP contribution is -2.41. The van der Waals surface area contributed by atoms with E-state index in [1.54, 1.807) is 0 Å². The third-order valence-electron chi connectivity index (χ3n) is 4.88. The van der Waals surface area contributed by atoms with E-state index in [1.165, 1.54) is 0 Å². The largest absolute Gasteiger partial charge is 0.381 e. The number of ether oxygens (including phenoxy) is 1. The Morgan fingerprint density at radius 3 is 2.79 bits per heavy atom. The molecule has 1 aliphatic heterocycles. The Labute approximate surface area is 185 Å². The maximum atomic E-state index is 5.51. The molecule has 1 saturated heterocycles. The summed E-state index contributed by atoms with van der Waals surface area (Å²) in [7, 11) is 2.10. The van der Waals surface area contributed by atoms with Gasteiger partial charge in [0, 0.05) is 38.4 Å². The Bertz CT molecular complexity index is 783. The van der Waals surface area contributed by atoms with Crippen molar-refractivity contribution in [1.29, 1.82) is 0 Å². The zero-order valence-corrected chi connectivity index (χ0v) is 19.6. The summed E-state index contributed by atoms with van der Waals surface area (Å²) < 4.78 is 7.51. The van der Waals surface area contributed by atoms with Crippen molar-refractivity contribution < 1.29 is 4.74 Å². The second-order valence-corrected chi connectivity index (χ2v) is 7.25. The Morgan fingerprint density at radius 1 is 1.36 bits per heavy atom. The van der Waals surface area contributed by atoms with Gasteiger partial charge in [-0.3, -0.25) is 0 Å². The lowest BCUT2D eigenvalue weighted by molar-refractivity contribution is 0.181. The molecule has 28 heavy (non-hydrogen) atoms. The Hall–Kier alpha value is -1.61. The zero-order valence-electron chi connectivity index (χ0n) is 17.3. The number of nitrogens with zero attached hydrogens (tertiary/aromatic N) is 4. The molecule has 0 bridgehead atoms. The van der Waals surface area contributed by atoms with E-state index >= 15 is 0 Å². The third-order valence-corrected chi connectivity index (χ3v) is 4.88. The van der Waals surface area contributed by atoms with Crippen LogP contribution in [0.1, 0.15) is 30.3 Å². The van der Waals surface area contributed by atoms with Gasteiger partial charge in [0.05, 0.1) is 24.5 Å². The maximum absolute atomic E-state index is 5.51. The van der Waals surface area contributed by atoms with Crippen LogP contribution in [-0.2, 0) is 11.3 Å². The van der Waals surface area contributed by atoms with Gasteiger partial charge < -0.3 is 15.0 Å². The maximum Gasteiger partial charge on any atom is 0.193 e. The summed E-state index contributed by atoms with van der Waals surface area (Å²) in [6.45, 7) is 10.4. The highest BCUT2D eigenvalue weighted by Crippen LogP contribution is 2.18. The molecule has 6 nitrogen and oxygen atoms in total. The van der Waals surface area contributed by atoms with Gasteiger partial charge in [0.25, 0.3) is 0 Å². The van der Waals surface area contributed by atoms with Crippen LogP contribution in [0.15, 0.2) is 35.3 Å². The predicted octanol–water partition coefficient (Wildman–Crippen LogP) is 3.54. The smallest absolute Gasteiger partial charge is 0.193 e. The minimum Gasteiger partial charge on any atom is -0.381 e. The van der Waals surface area contributed by atoms with Gasteiger partial charge in [-0.2, -0.15) is 5.10 Å². The van der Waals surface area contributed by atoms with E-state index in [-0.39, 0.29) is 24.0 Å². The van der Waals surface area contributed by atoms with Gasteiger partial charge in [0.15, 0.2) is 5.96 Å². The number of guanidine groups is 1. The van der Waals surface area contributed by atoms with Crippen LogP contribution in [0.4, 0.5) is 0 Å². The molecule has 0 radical (unpaired) electrons. The average Bonchev–Trinajstić information content (AvgIpc) is 3.28. The molecule has 0 saturated carbocycles. The van der Waals surface area contributed by atoms with Crippen LogP contribution in [0, 0.1) is 19.8 Å². The summed E-state index contributed by atoms with van der Waals surface area (Å²) in [5.41, 5.74) is 4.41. The van der Waals surface area contributed by atoms with Crippen molar-refractivity contribution in [3.8, 4) is 5.69 Å². The number of hydrogen-bond acceptors (Lipinski definition) is 3. The summed E-state index contributed by atoms with van der Waals surface area (Å²) in [5, 5.41) is 8.05. The van der Waals surface area contributed by atoms with Gasteiger partial charge in [0.1, 0.15) is 0 Å². The first kappa shape index (κ1) is 22.7. The molecule has 1 aromatic heterocycles. The Morgan fingerprint density at radius 2 is 2.14 bits per heavy atom. The van der Waals surface area contributed by atoms with Crippen LogP contribution in [0.25, 0.3) is 5.69 Å². The first-order valence-corrected chi connectivity index (χ1v) is 9.77. The van der Waals surface area contributed by atoms with Gasteiger partial charge in [-0.05, 0) is 44.9 Å². The zero-order chi connectivity index (χ0) is 19.2. The molecule has 1 aliphatic rings. The van der Waals surface area contributed by atoms with Gasteiger partial charge in [-0.1, -0.05) is 18.2 Å². The highest BCUT2D eigenvalue weighted by molar-refractivity contribution is 14.0. The number of benzene rings is 1. The van der Waals surface area contributed by atoms with Crippen molar-refractivity contribution in [3.63, 3.8) is 0 Å². The molecule has 1 N–H and O–H groups in total. The minimum atomic E-state index is 0. The number of hydrogen-bond donors (Lipinski definition) is 1. The van der Waals surface area contributed by atoms with E-state index in [9.17, 15) is 0 Å². The SMILES string of the molecule is CCNC(=NCc1ccccc1-n1nc(C)cc1C)N(C)CC1CCOC1.I. The first-order valence-electron chi connectivity index (χ1n) is 9.77. The van der Waals surface area contributed by atoms with E-state index in [0.717, 1.165) is 61.3 Å². The monoisotopic (exact) mass is 497 g/mol. The fraction of sp³-hybridized carbons (Fsp3) is 0.524. The molecule has 1 atom stereocenters. The quantitative estimate of drug-likeness (QED) is 0.377. The fourth-order valence-electron chi connectivity index (χ4n) is 3.55. The van der Waals surface area contributed by atoms with Crippen molar-refractivity contribution in [1.82, 2.24) is 20.0 Å². The Balaban J connectivity index is 0.00000280. The van der Waals surface area contributed by atoms with Gasteiger partial charge in [-0.25, -0.2) is 9.67 Å². The lowest BCUT2D eigenvalue weighted by Gasteiger charge is -2.24. The second kappa shape index (κ2) is 10.8. The van der Waals surface area contributed by atoms with Crippen molar-refractivity contribution >= 4 is 29.9 Å². The van der Waals surface area contributed by atoms with Crippen molar-refractivity contribution in [2.75, 3.05) is 33.4 Å². The molecule has 0 amide bonds. The highest BCUT2D eigenvalue weighted by atomic mass is 127. The van der Waals surface area contributed by atoms with Crippen molar-refractivity contribution in [2.45, 2.75) is 33.7 Å². The minimum absolute atomic E-state index is 0. The van der Waals surface area contributed by atoms with Crippen molar-refractivity contribution in [3.05, 3.63) is 47.3 Å². The third kappa shape index (κ3) is 5.70. The topological polar surface area (TPSA) is 54.7 Å². The normalized spacial score (nSPS) is 16.7. The summed E-state index contributed by atoms with van der Waals surface area (Å²) >= 11 is 0. The molecule has 2 aromatic rings. The first-order chi connectivity index (χ1) is 13.1. The molecular weight excluding hydrogens is 465 g/mol. The van der Waals surface area contributed by atoms with Gasteiger partial charge in [-0.15, -0.1) is 24.0 Å². The summed E-state index contributed by atoms with van der Waals surface area (Å²) in [5.74, 6) is 1.52. The van der Waals surface area contributed by atoms with Crippen LogP contribution in [0.3, 0.4) is 0 Å². The predicted molar refractivity (Wildman–Crippen MR) is 125 cm³/mol. The van der Waals surface area contributed by atoms with Crippen LogP contribution < -0.4 is 5.32 Å². The molecule has 3 rings (SSSR count). The molecule has 7 heteroatoms. The molecule has 1 fully saturated rings. The van der Waals surface area contributed by atoms with Gasteiger partial charge in [0.2, 0.25) is 0 Å². The summed E-state index contributed by atoms with van der Waals surface area (Å²) in [4.78, 5) is 7.11. The number of aryl methyl sites for hydroxylation is 2. The van der Waals surface area contributed by atoms with Crippen LogP contribution in [0.5, 0.6) is 0 Å². The number of aliphatic imine (C=N–C) groups is 1. The highest BCUT2D eigenvalue weighted by Gasteiger charge is 2.19. The van der Waals surface area contributed by atoms with Crippen LogP contribution in [-0.4, -0.2) is 54.0 Å². The van der Waals surface area contributed by atoms with Crippen LogP contribution in [0.2, 0.25) is 0 Å². The average molecular weight is 497 g/mol. The number of para-hydroxylation sites is 1. The fourth-order valence-corrected chi connectivity index (χ4v) is 3.55. The molecular formula is C21H32IN5O. The lowest BCUT2D eigenvalue weighted by atomic mass is 10.1. The summed E-state index contributed by atoms with van der Waals surface area (Å²) in [6.07, 6.45) is 1.13. The van der Waals surface area contributed by atoms with Crippen molar-refractivity contribution in [2.24, 2.45) is 10.9 Å². The molecule has 1 unspecified atom stereocenters. The molecule has 154 valence electrons. The molecule has 1 aromatic carbocycles.